The molecule has 0 aliphatic rings. The van der Waals surface area contributed by atoms with Crippen molar-refractivity contribution in [1.29, 1.82) is 0 Å². The number of ether oxygens (including phenoxy) is 1. The maximum atomic E-state index is 11.6. The smallest absolute Gasteiger partial charge is 0.338 e. The number of hydrogen-bond acceptors (Lipinski definition) is 3. The molecule has 1 rings (SSSR count). The second kappa shape index (κ2) is 9.56. The van der Waals surface area contributed by atoms with Crippen molar-refractivity contribution in [3.8, 4) is 0 Å². The molecule has 0 saturated carbocycles. The van der Waals surface area contributed by atoms with Gasteiger partial charge >= 0.3 is 5.97 Å². The Hall–Kier alpha value is -1.35. The third-order valence-corrected chi connectivity index (χ3v) is 3.14. The highest BCUT2D eigenvalue weighted by Crippen LogP contribution is 2.07. The van der Waals surface area contributed by atoms with Crippen molar-refractivity contribution in [3.63, 3.8) is 0 Å². The van der Waals surface area contributed by atoms with Crippen molar-refractivity contribution in [1.82, 2.24) is 0 Å². The average Bonchev–Trinajstić information content (AvgIpc) is 2.44. The molecular formula is C16H25NO2. The minimum absolute atomic E-state index is 0.238. The summed E-state index contributed by atoms with van der Waals surface area (Å²) < 4.78 is 5.21. The summed E-state index contributed by atoms with van der Waals surface area (Å²) in [5.74, 6) is -0.250. The molecule has 2 N–H and O–H groups in total. The summed E-state index contributed by atoms with van der Waals surface area (Å²) in [6.07, 6.45) is 6.50. The molecule has 0 aromatic heterocycles. The quantitative estimate of drug-likeness (QED) is 0.547. The predicted octanol–water partition coefficient (Wildman–Crippen LogP) is 3.53. The van der Waals surface area contributed by atoms with Crippen LogP contribution in [0.3, 0.4) is 0 Å². The van der Waals surface area contributed by atoms with Gasteiger partial charge in [-0.25, -0.2) is 4.79 Å². The molecule has 1 aromatic carbocycles. The zero-order valence-corrected chi connectivity index (χ0v) is 11.8. The van der Waals surface area contributed by atoms with Crippen LogP contribution in [0.25, 0.3) is 0 Å². The zero-order chi connectivity index (χ0) is 13.9. The summed E-state index contributed by atoms with van der Waals surface area (Å²) in [4.78, 5) is 11.6. The fourth-order valence-electron chi connectivity index (χ4n) is 1.97. The minimum atomic E-state index is -0.250. The van der Waals surface area contributed by atoms with E-state index in [1.807, 2.05) is 18.2 Å². The summed E-state index contributed by atoms with van der Waals surface area (Å²) in [5.41, 5.74) is 6.61. The lowest BCUT2D eigenvalue weighted by Crippen LogP contribution is -2.20. The van der Waals surface area contributed by atoms with Crippen LogP contribution in [0.4, 0.5) is 0 Å². The van der Waals surface area contributed by atoms with Gasteiger partial charge in [-0.2, -0.15) is 0 Å². The van der Waals surface area contributed by atoms with E-state index in [0.29, 0.717) is 12.2 Å². The van der Waals surface area contributed by atoms with Crippen molar-refractivity contribution in [2.24, 2.45) is 5.73 Å². The van der Waals surface area contributed by atoms with E-state index >= 15 is 0 Å². The molecule has 0 spiro atoms. The lowest BCUT2D eigenvalue weighted by Gasteiger charge is -2.11. The van der Waals surface area contributed by atoms with Crippen LogP contribution in [0.1, 0.15) is 55.8 Å². The highest BCUT2D eigenvalue weighted by molar-refractivity contribution is 5.89. The van der Waals surface area contributed by atoms with Crippen molar-refractivity contribution in [2.75, 3.05) is 6.61 Å². The molecule has 0 radical (unpaired) electrons. The van der Waals surface area contributed by atoms with Crippen molar-refractivity contribution >= 4 is 5.97 Å². The lowest BCUT2D eigenvalue weighted by molar-refractivity contribution is 0.0496. The number of carbonyl (C=O) groups is 1. The Kier molecular flexibility index (Phi) is 7.91. The van der Waals surface area contributed by atoms with E-state index in [4.69, 9.17) is 10.5 Å². The number of esters is 1. The summed E-state index contributed by atoms with van der Waals surface area (Å²) in [7, 11) is 0. The van der Waals surface area contributed by atoms with Crippen LogP contribution in [0.15, 0.2) is 30.3 Å². The maximum absolute atomic E-state index is 11.6. The van der Waals surface area contributed by atoms with Crippen LogP contribution in [0.2, 0.25) is 0 Å². The molecule has 0 amide bonds. The van der Waals surface area contributed by atoms with Gasteiger partial charge in [-0.15, -0.1) is 0 Å². The number of carbonyl (C=O) groups excluding carboxylic acids is 1. The fraction of sp³-hybridized carbons (Fsp3) is 0.562. The molecule has 106 valence electrons. The van der Waals surface area contributed by atoms with Gasteiger partial charge in [-0.05, 0) is 31.4 Å². The SMILES string of the molecule is CCCCCC(N)CCCOC(=O)c1ccccc1. The molecule has 0 aliphatic carbocycles. The predicted molar refractivity (Wildman–Crippen MR) is 78.1 cm³/mol. The van der Waals surface area contributed by atoms with Crippen LogP contribution >= 0.6 is 0 Å². The zero-order valence-electron chi connectivity index (χ0n) is 11.8. The monoisotopic (exact) mass is 263 g/mol. The Morgan fingerprint density at radius 1 is 1.16 bits per heavy atom. The molecular weight excluding hydrogens is 238 g/mol. The van der Waals surface area contributed by atoms with E-state index in [-0.39, 0.29) is 12.0 Å². The van der Waals surface area contributed by atoms with Crippen molar-refractivity contribution in [2.45, 2.75) is 51.5 Å². The van der Waals surface area contributed by atoms with E-state index in [1.165, 1.54) is 19.3 Å². The molecule has 0 aliphatic heterocycles. The summed E-state index contributed by atoms with van der Waals surface area (Å²) in [6.45, 7) is 2.64. The van der Waals surface area contributed by atoms with E-state index in [0.717, 1.165) is 19.3 Å². The van der Waals surface area contributed by atoms with E-state index in [1.54, 1.807) is 12.1 Å². The average molecular weight is 263 g/mol. The molecule has 3 heteroatoms. The first-order valence-electron chi connectivity index (χ1n) is 7.21. The summed E-state index contributed by atoms with van der Waals surface area (Å²) in [6, 6.07) is 9.31. The number of rotatable bonds is 9. The largest absolute Gasteiger partial charge is 0.462 e. The van der Waals surface area contributed by atoms with Crippen LogP contribution in [-0.4, -0.2) is 18.6 Å². The van der Waals surface area contributed by atoms with Crippen molar-refractivity contribution in [3.05, 3.63) is 35.9 Å². The van der Waals surface area contributed by atoms with Crippen LogP contribution < -0.4 is 5.73 Å². The van der Waals surface area contributed by atoms with Gasteiger partial charge in [0.1, 0.15) is 0 Å². The van der Waals surface area contributed by atoms with Crippen LogP contribution in [0.5, 0.6) is 0 Å². The highest BCUT2D eigenvalue weighted by atomic mass is 16.5. The number of hydrogen-bond donors (Lipinski definition) is 1. The number of unbranched alkanes of at least 4 members (excludes halogenated alkanes) is 2. The fourth-order valence-corrected chi connectivity index (χ4v) is 1.97. The first-order chi connectivity index (χ1) is 9.24. The van der Waals surface area contributed by atoms with E-state index in [2.05, 4.69) is 6.92 Å². The third-order valence-electron chi connectivity index (χ3n) is 3.14. The minimum Gasteiger partial charge on any atom is -0.462 e. The molecule has 0 heterocycles. The Morgan fingerprint density at radius 3 is 2.53 bits per heavy atom. The first-order valence-corrected chi connectivity index (χ1v) is 7.21. The van der Waals surface area contributed by atoms with Gasteiger partial charge in [0, 0.05) is 6.04 Å². The molecule has 19 heavy (non-hydrogen) atoms. The number of benzene rings is 1. The van der Waals surface area contributed by atoms with E-state index in [9.17, 15) is 4.79 Å². The second-order valence-corrected chi connectivity index (χ2v) is 4.90. The normalized spacial score (nSPS) is 12.1. The van der Waals surface area contributed by atoms with E-state index < -0.39 is 0 Å². The maximum Gasteiger partial charge on any atom is 0.338 e. The molecule has 1 aromatic rings. The molecule has 0 bridgehead atoms. The first kappa shape index (κ1) is 15.7. The van der Waals surface area contributed by atoms with Crippen molar-refractivity contribution < 1.29 is 9.53 Å². The Balaban J connectivity index is 2.09. The summed E-state index contributed by atoms with van der Waals surface area (Å²) >= 11 is 0. The molecule has 1 unspecified atom stereocenters. The summed E-state index contributed by atoms with van der Waals surface area (Å²) in [5, 5.41) is 0. The van der Waals surface area contributed by atoms with Gasteiger partial charge in [0.25, 0.3) is 0 Å². The highest BCUT2D eigenvalue weighted by Gasteiger charge is 2.06. The molecule has 1 atom stereocenters. The van der Waals surface area contributed by atoms with Gasteiger partial charge in [0.15, 0.2) is 0 Å². The second-order valence-electron chi connectivity index (χ2n) is 4.90. The Bertz CT molecular complexity index is 351. The number of nitrogens with two attached hydrogens (primary N) is 1. The molecule has 0 fully saturated rings. The Labute approximate surface area is 116 Å². The van der Waals surface area contributed by atoms with Gasteiger partial charge in [-0.1, -0.05) is 44.4 Å². The van der Waals surface area contributed by atoms with Gasteiger partial charge in [0.2, 0.25) is 0 Å². The standard InChI is InChI=1S/C16H25NO2/c1-2-3-5-11-15(17)12-8-13-19-16(18)14-9-6-4-7-10-14/h4,6-7,9-10,15H,2-3,5,8,11-13,17H2,1H3. The third kappa shape index (κ3) is 6.97. The van der Waals surface area contributed by atoms with Gasteiger partial charge < -0.3 is 10.5 Å². The molecule has 3 nitrogen and oxygen atoms in total. The topological polar surface area (TPSA) is 52.3 Å². The van der Waals surface area contributed by atoms with Gasteiger partial charge in [0.05, 0.1) is 12.2 Å². The van der Waals surface area contributed by atoms with Crippen LogP contribution in [-0.2, 0) is 4.74 Å². The Morgan fingerprint density at radius 2 is 1.84 bits per heavy atom. The lowest BCUT2D eigenvalue weighted by atomic mass is 10.1. The van der Waals surface area contributed by atoms with Crippen LogP contribution in [0, 0.1) is 0 Å². The van der Waals surface area contributed by atoms with Gasteiger partial charge in [-0.3, -0.25) is 0 Å². The molecule has 0 saturated heterocycles.